The molecule has 1 aromatic heterocycles. The van der Waals surface area contributed by atoms with Crippen molar-refractivity contribution in [3.63, 3.8) is 0 Å². The molecule has 17 heavy (non-hydrogen) atoms. The van der Waals surface area contributed by atoms with Gasteiger partial charge in [-0.1, -0.05) is 23.7 Å². The molecule has 0 spiro atoms. The number of nitrogens with zero attached hydrogens (tertiary/aromatic N) is 2. The van der Waals surface area contributed by atoms with Crippen LogP contribution in [0, 0.1) is 0 Å². The lowest BCUT2D eigenvalue weighted by Gasteiger charge is -2.18. The second kappa shape index (κ2) is 4.90. The van der Waals surface area contributed by atoms with Gasteiger partial charge in [-0.2, -0.15) is 0 Å². The standard InChI is InChI=1S/C13H16ClN3/c1-9(15)13-7-16-8-17(13)10(2)11-3-5-12(14)6-4-11/h3-10H,15H2,1-2H3. The zero-order chi connectivity index (χ0) is 12.4. The molecule has 0 amide bonds. The van der Waals surface area contributed by atoms with Gasteiger partial charge in [0.15, 0.2) is 0 Å². The van der Waals surface area contributed by atoms with E-state index in [0.717, 1.165) is 10.7 Å². The topological polar surface area (TPSA) is 43.8 Å². The van der Waals surface area contributed by atoms with Gasteiger partial charge < -0.3 is 10.3 Å². The van der Waals surface area contributed by atoms with E-state index in [0.29, 0.717) is 0 Å². The van der Waals surface area contributed by atoms with E-state index in [1.807, 2.05) is 43.7 Å². The van der Waals surface area contributed by atoms with Gasteiger partial charge in [-0.25, -0.2) is 4.98 Å². The van der Waals surface area contributed by atoms with Gasteiger partial charge in [0, 0.05) is 17.3 Å². The third-order valence-corrected chi connectivity index (χ3v) is 3.18. The van der Waals surface area contributed by atoms with Crippen molar-refractivity contribution in [2.75, 3.05) is 0 Å². The summed E-state index contributed by atoms with van der Waals surface area (Å²) in [4.78, 5) is 4.16. The molecule has 2 N–H and O–H groups in total. The Kier molecular flexibility index (Phi) is 3.50. The third-order valence-electron chi connectivity index (χ3n) is 2.93. The minimum atomic E-state index is -0.0211. The number of rotatable bonds is 3. The van der Waals surface area contributed by atoms with E-state index in [2.05, 4.69) is 16.5 Å². The van der Waals surface area contributed by atoms with Crippen LogP contribution < -0.4 is 5.73 Å². The van der Waals surface area contributed by atoms with Gasteiger partial charge in [0.25, 0.3) is 0 Å². The largest absolute Gasteiger partial charge is 0.326 e. The fourth-order valence-electron chi connectivity index (χ4n) is 1.89. The quantitative estimate of drug-likeness (QED) is 0.908. The summed E-state index contributed by atoms with van der Waals surface area (Å²) in [7, 11) is 0. The van der Waals surface area contributed by atoms with Gasteiger partial charge >= 0.3 is 0 Å². The van der Waals surface area contributed by atoms with Crippen molar-refractivity contribution < 1.29 is 0 Å². The lowest BCUT2D eigenvalue weighted by molar-refractivity contribution is 0.582. The average molecular weight is 250 g/mol. The lowest BCUT2D eigenvalue weighted by Crippen LogP contribution is -2.15. The average Bonchev–Trinajstić information content (AvgIpc) is 2.78. The van der Waals surface area contributed by atoms with Crippen molar-refractivity contribution in [3.05, 3.63) is 53.1 Å². The summed E-state index contributed by atoms with van der Waals surface area (Å²) in [5, 5.41) is 0.749. The molecule has 0 saturated carbocycles. The Morgan fingerprint density at radius 3 is 2.47 bits per heavy atom. The fraction of sp³-hybridized carbons (Fsp3) is 0.308. The van der Waals surface area contributed by atoms with Crippen molar-refractivity contribution in [1.29, 1.82) is 0 Å². The molecular weight excluding hydrogens is 234 g/mol. The third kappa shape index (κ3) is 2.51. The molecule has 2 unspecified atom stereocenters. The van der Waals surface area contributed by atoms with Gasteiger partial charge in [-0.3, -0.25) is 0 Å². The molecule has 0 bridgehead atoms. The molecule has 3 nitrogen and oxygen atoms in total. The second-order valence-electron chi connectivity index (χ2n) is 4.24. The number of hydrogen-bond acceptors (Lipinski definition) is 2. The van der Waals surface area contributed by atoms with Crippen molar-refractivity contribution in [2.24, 2.45) is 5.73 Å². The predicted molar refractivity (Wildman–Crippen MR) is 70.1 cm³/mol. The fourth-order valence-corrected chi connectivity index (χ4v) is 2.02. The van der Waals surface area contributed by atoms with Gasteiger partial charge in [0.05, 0.1) is 18.1 Å². The second-order valence-corrected chi connectivity index (χ2v) is 4.68. The van der Waals surface area contributed by atoms with Crippen LogP contribution in [0.4, 0.5) is 0 Å². The summed E-state index contributed by atoms with van der Waals surface area (Å²) >= 11 is 5.88. The number of nitrogens with two attached hydrogens (primary N) is 1. The van der Waals surface area contributed by atoms with E-state index in [1.54, 1.807) is 0 Å². The number of imidazole rings is 1. The molecule has 2 atom stereocenters. The van der Waals surface area contributed by atoms with Crippen LogP contribution in [0.2, 0.25) is 5.02 Å². The summed E-state index contributed by atoms with van der Waals surface area (Å²) in [6, 6.07) is 8.03. The maximum atomic E-state index is 5.92. The Morgan fingerprint density at radius 1 is 1.24 bits per heavy atom. The minimum Gasteiger partial charge on any atom is -0.326 e. The van der Waals surface area contributed by atoms with Crippen LogP contribution in [0.15, 0.2) is 36.8 Å². The summed E-state index contributed by atoms with van der Waals surface area (Å²) in [5.41, 5.74) is 8.14. The van der Waals surface area contributed by atoms with Crippen LogP contribution in [0.3, 0.4) is 0 Å². The zero-order valence-electron chi connectivity index (χ0n) is 9.97. The maximum Gasteiger partial charge on any atom is 0.0954 e. The molecule has 2 rings (SSSR count). The first-order valence-corrected chi connectivity index (χ1v) is 6.00. The summed E-state index contributed by atoms with van der Waals surface area (Å²) in [6.07, 6.45) is 3.63. The maximum absolute atomic E-state index is 5.92. The van der Waals surface area contributed by atoms with Crippen LogP contribution in [0.5, 0.6) is 0 Å². The highest BCUT2D eigenvalue weighted by Crippen LogP contribution is 2.23. The lowest BCUT2D eigenvalue weighted by atomic mass is 10.1. The normalized spacial score (nSPS) is 14.6. The summed E-state index contributed by atoms with van der Waals surface area (Å²) in [6.45, 7) is 4.08. The van der Waals surface area contributed by atoms with Crippen LogP contribution >= 0.6 is 11.6 Å². The smallest absolute Gasteiger partial charge is 0.0954 e. The van der Waals surface area contributed by atoms with Crippen molar-refractivity contribution >= 4 is 11.6 Å². The Balaban J connectivity index is 2.33. The molecule has 0 radical (unpaired) electrons. The first-order chi connectivity index (χ1) is 8.09. The first-order valence-electron chi connectivity index (χ1n) is 5.62. The van der Waals surface area contributed by atoms with Crippen LogP contribution in [0.25, 0.3) is 0 Å². The van der Waals surface area contributed by atoms with Gasteiger partial charge in [0.1, 0.15) is 0 Å². The Morgan fingerprint density at radius 2 is 1.88 bits per heavy atom. The molecule has 0 fully saturated rings. The van der Waals surface area contributed by atoms with Crippen LogP contribution in [0.1, 0.15) is 37.2 Å². The molecule has 2 aromatic rings. The van der Waals surface area contributed by atoms with E-state index in [-0.39, 0.29) is 12.1 Å². The van der Waals surface area contributed by atoms with Crippen molar-refractivity contribution in [2.45, 2.75) is 25.9 Å². The molecule has 1 heterocycles. The minimum absolute atomic E-state index is 0.0211. The van der Waals surface area contributed by atoms with Crippen molar-refractivity contribution in [1.82, 2.24) is 9.55 Å². The molecule has 0 aliphatic rings. The molecule has 90 valence electrons. The highest BCUT2D eigenvalue weighted by molar-refractivity contribution is 6.30. The van der Waals surface area contributed by atoms with E-state index in [1.165, 1.54) is 5.56 Å². The van der Waals surface area contributed by atoms with Crippen LogP contribution in [-0.4, -0.2) is 9.55 Å². The Bertz CT molecular complexity index is 488. The summed E-state index contributed by atoms with van der Waals surface area (Å²) < 4.78 is 2.09. The Hall–Kier alpha value is -1.32. The highest BCUT2D eigenvalue weighted by Gasteiger charge is 2.13. The van der Waals surface area contributed by atoms with Crippen molar-refractivity contribution in [3.8, 4) is 0 Å². The van der Waals surface area contributed by atoms with E-state index in [4.69, 9.17) is 17.3 Å². The monoisotopic (exact) mass is 249 g/mol. The number of aromatic nitrogens is 2. The number of benzene rings is 1. The molecule has 1 aromatic carbocycles. The zero-order valence-corrected chi connectivity index (χ0v) is 10.7. The molecule has 4 heteroatoms. The first kappa shape index (κ1) is 12.1. The highest BCUT2D eigenvalue weighted by atomic mass is 35.5. The number of hydrogen-bond donors (Lipinski definition) is 1. The van der Waals surface area contributed by atoms with E-state index >= 15 is 0 Å². The molecule has 0 saturated heterocycles. The van der Waals surface area contributed by atoms with Gasteiger partial charge in [-0.15, -0.1) is 0 Å². The van der Waals surface area contributed by atoms with E-state index < -0.39 is 0 Å². The number of halogens is 1. The van der Waals surface area contributed by atoms with Crippen LogP contribution in [-0.2, 0) is 0 Å². The molecule has 0 aliphatic heterocycles. The Labute approximate surface area is 106 Å². The molecular formula is C13H16ClN3. The molecule has 0 aliphatic carbocycles. The van der Waals surface area contributed by atoms with Gasteiger partial charge in [0.2, 0.25) is 0 Å². The summed E-state index contributed by atoms with van der Waals surface area (Å²) in [5.74, 6) is 0. The van der Waals surface area contributed by atoms with Gasteiger partial charge in [-0.05, 0) is 31.5 Å². The SMILES string of the molecule is CC(N)c1cncn1C(C)c1ccc(Cl)cc1. The predicted octanol–water partition coefficient (Wildman–Crippen LogP) is 3.17. The van der Waals surface area contributed by atoms with E-state index in [9.17, 15) is 0 Å².